The molecular weight excluding hydrogens is 270 g/mol. The largest absolute Gasteiger partial charge is 0.480 e. The summed E-state index contributed by atoms with van der Waals surface area (Å²) in [5.41, 5.74) is 0. The summed E-state index contributed by atoms with van der Waals surface area (Å²) in [5, 5.41) is 13.5. The molecule has 3 atom stereocenters. The molecule has 0 bridgehead atoms. The minimum absolute atomic E-state index is 0.371. The van der Waals surface area contributed by atoms with Crippen LogP contribution in [0.1, 0.15) is 62.6 Å². The molecule has 6 nitrogen and oxygen atoms in total. The van der Waals surface area contributed by atoms with Gasteiger partial charge in [-0.05, 0) is 38.0 Å². The molecule has 1 N–H and O–H groups in total. The summed E-state index contributed by atoms with van der Waals surface area (Å²) in [4.78, 5) is 18.1. The van der Waals surface area contributed by atoms with Gasteiger partial charge in [0.2, 0.25) is 5.89 Å². The maximum atomic E-state index is 11.6. The number of aliphatic carboxylic acids is 1. The van der Waals surface area contributed by atoms with Crippen molar-refractivity contribution in [3.05, 3.63) is 11.7 Å². The summed E-state index contributed by atoms with van der Waals surface area (Å²) in [6.07, 6.45) is 7.73. The van der Waals surface area contributed by atoms with E-state index in [2.05, 4.69) is 15.0 Å². The minimum atomic E-state index is -0.716. The summed E-state index contributed by atoms with van der Waals surface area (Å²) >= 11 is 0. The van der Waals surface area contributed by atoms with E-state index in [9.17, 15) is 9.90 Å². The van der Waals surface area contributed by atoms with E-state index >= 15 is 0 Å². The molecule has 6 heteroatoms. The number of likely N-dealkylation sites (tertiary alicyclic amines) is 1. The Balaban J connectivity index is 1.53. The van der Waals surface area contributed by atoms with Crippen molar-refractivity contribution < 1.29 is 14.4 Å². The van der Waals surface area contributed by atoms with Crippen LogP contribution in [0.25, 0.3) is 0 Å². The molecule has 0 amide bonds. The van der Waals surface area contributed by atoms with Gasteiger partial charge in [0.25, 0.3) is 0 Å². The second-order valence-electron chi connectivity index (χ2n) is 6.69. The van der Waals surface area contributed by atoms with Crippen LogP contribution in [0.3, 0.4) is 0 Å². The highest BCUT2D eigenvalue weighted by atomic mass is 16.5. The maximum Gasteiger partial charge on any atom is 0.320 e. The molecular formula is C15H21N3O3. The van der Waals surface area contributed by atoms with Crippen molar-refractivity contribution in [2.24, 2.45) is 5.92 Å². The fraction of sp³-hybridized carbons (Fsp3) is 0.800. The van der Waals surface area contributed by atoms with Crippen LogP contribution in [0, 0.1) is 5.92 Å². The van der Waals surface area contributed by atoms with Gasteiger partial charge in [0, 0.05) is 12.0 Å². The first-order chi connectivity index (χ1) is 10.2. The predicted molar refractivity (Wildman–Crippen MR) is 73.6 cm³/mol. The molecule has 114 valence electrons. The standard InChI is InChI=1S/C15H21N3O3/c19-15(20)12-7-10-3-1-2-4-11(10)18(12)8-13-16-14(17-21-13)9-5-6-9/h9-12H,1-8H2,(H,19,20)/t10-,11-,12-/m0/s1. The molecule has 3 fully saturated rings. The second kappa shape index (κ2) is 5.09. The van der Waals surface area contributed by atoms with Crippen molar-refractivity contribution in [1.82, 2.24) is 15.0 Å². The third-order valence-corrected chi connectivity index (χ3v) is 5.25. The maximum absolute atomic E-state index is 11.6. The van der Waals surface area contributed by atoms with Crippen LogP contribution in [0.5, 0.6) is 0 Å². The zero-order valence-electron chi connectivity index (χ0n) is 12.1. The Hall–Kier alpha value is -1.43. The van der Waals surface area contributed by atoms with Crippen molar-refractivity contribution in [2.45, 2.75) is 69.5 Å². The van der Waals surface area contributed by atoms with Gasteiger partial charge in [-0.1, -0.05) is 18.0 Å². The average Bonchev–Trinajstić information content (AvgIpc) is 3.12. The molecule has 1 aliphatic heterocycles. The van der Waals surface area contributed by atoms with Gasteiger partial charge in [-0.2, -0.15) is 4.98 Å². The number of nitrogens with zero attached hydrogens (tertiary/aromatic N) is 3. The third-order valence-electron chi connectivity index (χ3n) is 5.25. The van der Waals surface area contributed by atoms with Gasteiger partial charge in [-0.15, -0.1) is 0 Å². The van der Waals surface area contributed by atoms with E-state index in [1.54, 1.807) is 0 Å². The van der Waals surface area contributed by atoms with Gasteiger partial charge < -0.3 is 9.63 Å². The van der Waals surface area contributed by atoms with Crippen molar-refractivity contribution in [2.75, 3.05) is 0 Å². The lowest BCUT2D eigenvalue weighted by Gasteiger charge is -2.31. The van der Waals surface area contributed by atoms with E-state index < -0.39 is 12.0 Å². The summed E-state index contributed by atoms with van der Waals surface area (Å²) in [6, 6.07) is -0.0227. The molecule has 1 saturated heterocycles. The quantitative estimate of drug-likeness (QED) is 0.915. The van der Waals surface area contributed by atoms with Gasteiger partial charge in [-0.3, -0.25) is 9.69 Å². The Morgan fingerprint density at radius 3 is 2.86 bits per heavy atom. The van der Waals surface area contributed by atoms with Gasteiger partial charge in [0.1, 0.15) is 6.04 Å². The van der Waals surface area contributed by atoms with Gasteiger partial charge in [0.05, 0.1) is 6.54 Å². The Labute approximate surface area is 123 Å². The van der Waals surface area contributed by atoms with Crippen LogP contribution in [0.15, 0.2) is 4.52 Å². The lowest BCUT2D eigenvalue weighted by molar-refractivity contribution is -0.143. The smallest absolute Gasteiger partial charge is 0.320 e. The molecule has 3 aliphatic rings. The van der Waals surface area contributed by atoms with E-state index in [1.165, 1.54) is 12.8 Å². The second-order valence-corrected chi connectivity index (χ2v) is 6.69. The Bertz CT molecular complexity index is 540. The van der Waals surface area contributed by atoms with Crippen molar-refractivity contribution in [3.8, 4) is 0 Å². The third kappa shape index (κ3) is 2.46. The van der Waals surface area contributed by atoms with Crippen molar-refractivity contribution in [3.63, 3.8) is 0 Å². The first-order valence-corrected chi connectivity index (χ1v) is 8.03. The lowest BCUT2D eigenvalue weighted by Crippen LogP contribution is -2.41. The first kappa shape index (κ1) is 13.2. The van der Waals surface area contributed by atoms with E-state index in [4.69, 9.17) is 4.52 Å². The number of carboxylic acids is 1. The molecule has 2 saturated carbocycles. The SMILES string of the molecule is O=C(O)[C@@H]1C[C@@H]2CCCC[C@@H]2N1Cc1nc(C2CC2)no1. The van der Waals surface area contributed by atoms with Crippen LogP contribution >= 0.6 is 0 Å². The van der Waals surface area contributed by atoms with E-state index in [0.29, 0.717) is 30.3 Å². The number of carbonyl (C=O) groups is 1. The number of hydrogen-bond acceptors (Lipinski definition) is 5. The zero-order valence-corrected chi connectivity index (χ0v) is 12.1. The minimum Gasteiger partial charge on any atom is -0.480 e. The molecule has 0 unspecified atom stereocenters. The lowest BCUT2D eigenvalue weighted by atomic mass is 9.85. The zero-order chi connectivity index (χ0) is 14.4. The highest BCUT2D eigenvalue weighted by molar-refractivity contribution is 5.74. The topological polar surface area (TPSA) is 79.5 Å². The fourth-order valence-corrected chi connectivity index (χ4v) is 4.02. The molecule has 2 aliphatic carbocycles. The van der Waals surface area contributed by atoms with Gasteiger partial charge in [0.15, 0.2) is 5.82 Å². The first-order valence-electron chi connectivity index (χ1n) is 8.03. The summed E-state index contributed by atoms with van der Waals surface area (Å²) in [6.45, 7) is 0.484. The van der Waals surface area contributed by atoms with Crippen LogP contribution in [-0.2, 0) is 11.3 Å². The molecule has 2 heterocycles. The summed E-state index contributed by atoms with van der Waals surface area (Å²) in [5.74, 6) is 1.65. The van der Waals surface area contributed by atoms with Gasteiger partial charge >= 0.3 is 5.97 Å². The summed E-state index contributed by atoms with van der Waals surface area (Å²) in [7, 11) is 0. The average molecular weight is 291 g/mol. The van der Waals surface area contributed by atoms with Crippen molar-refractivity contribution in [1.29, 1.82) is 0 Å². The van der Waals surface area contributed by atoms with E-state index in [0.717, 1.165) is 37.9 Å². The number of rotatable bonds is 4. The number of aromatic nitrogens is 2. The molecule has 0 radical (unpaired) electrons. The molecule has 0 spiro atoms. The Morgan fingerprint density at radius 1 is 1.29 bits per heavy atom. The number of hydrogen-bond donors (Lipinski definition) is 1. The van der Waals surface area contributed by atoms with Gasteiger partial charge in [-0.25, -0.2) is 0 Å². The van der Waals surface area contributed by atoms with E-state index in [-0.39, 0.29) is 0 Å². The molecule has 4 rings (SSSR count). The molecule has 0 aromatic carbocycles. The van der Waals surface area contributed by atoms with Crippen LogP contribution in [0.4, 0.5) is 0 Å². The fourth-order valence-electron chi connectivity index (χ4n) is 4.02. The summed E-state index contributed by atoms with van der Waals surface area (Å²) < 4.78 is 5.34. The van der Waals surface area contributed by atoms with E-state index in [1.807, 2.05) is 0 Å². The highest BCUT2D eigenvalue weighted by Gasteiger charge is 2.45. The normalized spacial score (nSPS) is 33.0. The monoisotopic (exact) mass is 291 g/mol. The number of carboxylic acid groups (broad SMARTS) is 1. The predicted octanol–water partition coefficient (Wildman–Crippen LogP) is 2.16. The van der Waals surface area contributed by atoms with Crippen molar-refractivity contribution >= 4 is 5.97 Å². The molecule has 1 aromatic heterocycles. The molecule has 21 heavy (non-hydrogen) atoms. The van der Waals surface area contributed by atoms with Crippen LogP contribution in [-0.4, -0.2) is 38.2 Å². The number of fused-ring (bicyclic) bond motifs is 1. The Kier molecular flexibility index (Phi) is 3.21. The molecule has 1 aromatic rings. The van der Waals surface area contributed by atoms with Crippen LogP contribution in [0.2, 0.25) is 0 Å². The van der Waals surface area contributed by atoms with Crippen LogP contribution < -0.4 is 0 Å². The highest BCUT2D eigenvalue weighted by Crippen LogP contribution is 2.41. The Morgan fingerprint density at radius 2 is 2.10 bits per heavy atom.